The number of imidazole rings is 1. The second kappa shape index (κ2) is 4.47. The monoisotopic (exact) mass is 296 g/mol. The van der Waals surface area contributed by atoms with Gasteiger partial charge in [0.1, 0.15) is 17.4 Å². The highest BCUT2D eigenvalue weighted by Gasteiger charge is 2.34. The summed E-state index contributed by atoms with van der Waals surface area (Å²) in [6, 6.07) is 7.01. The molecule has 0 fully saturated rings. The van der Waals surface area contributed by atoms with Crippen molar-refractivity contribution >= 4 is 11.0 Å². The van der Waals surface area contributed by atoms with Crippen LogP contribution in [0, 0.1) is 5.82 Å². The molecular formula is C14H8F4N2O. The first-order valence-electron chi connectivity index (χ1n) is 5.90. The Labute approximate surface area is 115 Å². The fourth-order valence-electron chi connectivity index (χ4n) is 2.02. The van der Waals surface area contributed by atoms with Crippen LogP contribution in [0.4, 0.5) is 17.6 Å². The Morgan fingerprint density at radius 1 is 1.05 bits per heavy atom. The van der Waals surface area contributed by atoms with Crippen molar-refractivity contribution in [3.63, 3.8) is 0 Å². The molecule has 0 radical (unpaired) electrons. The Kier molecular flexibility index (Phi) is 2.86. The zero-order valence-electron chi connectivity index (χ0n) is 10.4. The average Bonchev–Trinajstić information content (AvgIpc) is 2.80. The van der Waals surface area contributed by atoms with E-state index in [0.29, 0.717) is 17.1 Å². The number of hydrogen-bond acceptors (Lipinski definition) is 2. The van der Waals surface area contributed by atoms with Crippen molar-refractivity contribution in [2.45, 2.75) is 6.18 Å². The molecular weight excluding hydrogens is 288 g/mol. The molecule has 21 heavy (non-hydrogen) atoms. The van der Waals surface area contributed by atoms with Crippen molar-refractivity contribution < 1.29 is 22.7 Å². The number of halogens is 4. The Bertz CT molecular complexity index is 823. The molecule has 2 N–H and O–H groups in total. The second-order valence-electron chi connectivity index (χ2n) is 4.48. The minimum atomic E-state index is -4.77. The second-order valence-corrected chi connectivity index (χ2v) is 4.48. The lowest BCUT2D eigenvalue weighted by molar-refractivity contribution is -0.139. The summed E-state index contributed by atoms with van der Waals surface area (Å²) >= 11 is 0. The highest BCUT2D eigenvalue weighted by atomic mass is 19.4. The maximum absolute atomic E-state index is 13.3. The molecule has 0 spiro atoms. The molecule has 3 rings (SSSR count). The number of aromatic hydroxyl groups is 1. The van der Waals surface area contributed by atoms with Gasteiger partial charge in [-0.05, 0) is 30.3 Å². The number of alkyl halides is 3. The number of benzene rings is 2. The predicted molar refractivity (Wildman–Crippen MR) is 68.2 cm³/mol. The standard InChI is InChI=1S/C14H8F4N2O/c15-10-3-1-7(5-9(10)14(16,17)18)13-19-11-4-2-8(21)6-12(11)20-13/h1-6,21H,(H,19,20). The molecule has 1 aromatic heterocycles. The first-order valence-corrected chi connectivity index (χ1v) is 5.90. The number of nitrogens with one attached hydrogen (secondary N) is 1. The van der Waals surface area contributed by atoms with Gasteiger partial charge in [0.05, 0.1) is 16.6 Å². The molecule has 0 atom stereocenters. The van der Waals surface area contributed by atoms with Gasteiger partial charge in [0, 0.05) is 11.6 Å². The van der Waals surface area contributed by atoms with Crippen molar-refractivity contribution in [3.05, 3.63) is 47.8 Å². The van der Waals surface area contributed by atoms with Gasteiger partial charge in [-0.3, -0.25) is 0 Å². The number of phenols is 1. The fraction of sp³-hybridized carbons (Fsp3) is 0.0714. The molecule has 3 aromatic rings. The van der Waals surface area contributed by atoms with Crippen LogP contribution in [0.2, 0.25) is 0 Å². The third kappa shape index (κ3) is 2.42. The molecule has 0 amide bonds. The summed E-state index contributed by atoms with van der Waals surface area (Å²) in [5, 5.41) is 9.35. The van der Waals surface area contributed by atoms with Crippen molar-refractivity contribution in [1.82, 2.24) is 9.97 Å². The van der Waals surface area contributed by atoms with E-state index in [1.54, 1.807) is 0 Å². The summed E-state index contributed by atoms with van der Waals surface area (Å²) in [6.07, 6.45) is -4.77. The normalized spacial score (nSPS) is 12.0. The van der Waals surface area contributed by atoms with E-state index < -0.39 is 17.6 Å². The summed E-state index contributed by atoms with van der Waals surface area (Å²) in [4.78, 5) is 6.91. The number of H-pyrrole nitrogens is 1. The molecule has 0 unspecified atom stereocenters. The Hall–Kier alpha value is -2.57. The summed E-state index contributed by atoms with van der Waals surface area (Å²) in [6.45, 7) is 0. The number of phenolic OH excluding ortho intramolecular Hbond substituents is 1. The van der Waals surface area contributed by atoms with Crippen LogP contribution in [0.5, 0.6) is 5.75 Å². The van der Waals surface area contributed by atoms with E-state index in [2.05, 4.69) is 9.97 Å². The smallest absolute Gasteiger partial charge is 0.419 e. The molecule has 0 bridgehead atoms. The zero-order valence-corrected chi connectivity index (χ0v) is 10.4. The molecule has 1 heterocycles. The van der Waals surface area contributed by atoms with Crippen LogP contribution >= 0.6 is 0 Å². The molecule has 0 aliphatic rings. The van der Waals surface area contributed by atoms with Gasteiger partial charge in [0.25, 0.3) is 0 Å². The van der Waals surface area contributed by atoms with E-state index in [9.17, 15) is 22.7 Å². The van der Waals surface area contributed by atoms with Crippen LogP contribution in [-0.2, 0) is 6.18 Å². The summed E-state index contributed by atoms with van der Waals surface area (Å²) in [7, 11) is 0. The topological polar surface area (TPSA) is 48.9 Å². The minimum Gasteiger partial charge on any atom is -0.508 e. The van der Waals surface area contributed by atoms with E-state index in [4.69, 9.17) is 0 Å². The largest absolute Gasteiger partial charge is 0.508 e. The lowest BCUT2D eigenvalue weighted by Gasteiger charge is -2.08. The minimum absolute atomic E-state index is 0.00721. The van der Waals surface area contributed by atoms with Crippen LogP contribution in [0.25, 0.3) is 22.4 Å². The van der Waals surface area contributed by atoms with E-state index in [1.807, 2.05) is 0 Å². The van der Waals surface area contributed by atoms with Crippen molar-refractivity contribution in [2.75, 3.05) is 0 Å². The Morgan fingerprint density at radius 3 is 2.52 bits per heavy atom. The van der Waals surface area contributed by atoms with Gasteiger partial charge in [-0.25, -0.2) is 9.37 Å². The first kappa shape index (κ1) is 13.4. The summed E-state index contributed by atoms with van der Waals surface area (Å²) in [5.74, 6) is -1.16. The first-order chi connectivity index (χ1) is 9.84. The van der Waals surface area contributed by atoms with Crippen molar-refractivity contribution in [2.24, 2.45) is 0 Å². The van der Waals surface area contributed by atoms with Crippen molar-refractivity contribution in [3.8, 4) is 17.1 Å². The van der Waals surface area contributed by atoms with Gasteiger partial charge in [0.2, 0.25) is 0 Å². The number of hydrogen-bond donors (Lipinski definition) is 2. The van der Waals surface area contributed by atoms with Crippen LogP contribution in [0.15, 0.2) is 36.4 Å². The maximum atomic E-state index is 13.3. The molecule has 108 valence electrons. The zero-order chi connectivity index (χ0) is 15.2. The number of rotatable bonds is 1. The predicted octanol–water partition coefficient (Wildman–Crippen LogP) is 4.09. The highest BCUT2D eigenvalue weighted by Crippen LogP contribution is 2.34. The number of aromatic nitrogens is 2. The number of nitrogens with zero attached hydrogens (tertiary/aromatic N) is 1. The lowest BCUT2D eigenvalue weighted by Crippen LogP contribution is -2.08. The molecule has 0 aliphatic carbocycles. The van der Waals surface area contributed by atoms with Crippen LogP contribution in [0.1, 0.15) is 5.56 Å². The summed E-state index contributed by atoms with van der Waals surface area (Å²) in [5.41, 5.74) is -0.272. The van der Waals surface area contributed by atoms with E-state index in [1.165, 1.54) is 24.3 Å². The van der Waals surface area contributed by atoms with Crippen LogP contribution in [-0.4, -0.2) is 15.1 Å². The number of aromatic amines is 1. The molecule has 0 saturated heterocycles. The van der Waals surface area contributed by atoms with Crippen LogP contribution in [0.3, 0.4) is 0 Å². The molecule has 3 nitrogen and oxygen atoms in total. The van der Waals surface area contributed by atoms with Crippen LogP contribution < -0.4 is 0 Å². The third-order valence-electron chi connectivity index (χ3n) is 3.01. The molecule has 0 saturated carbocycles. The van der Waals surface area contributed by atoms with Gasteiger partial charge < -0.3 is 10.1 Å². The maximum Gasteiger partial charge on any atom is 0.419 e. The number of fused-ring (bicyclic) bond motifs is 1. The van der Waals surface area contributed by atoms with E-state index in [0.717, 1.165) is 6.07 Å². The van der Waals surface area contributed by atoms with Gasteiger partial charge in [-0.15, -0.1) is 0 Å². The fourth-order valence-corrected chi connectivity index (χ4v) is 2.02. The Morgan fingerprint density at radius 2 is 1.81 bits per heavy atom. The quantitative estimate of drug-likeness (QED) is 0.664. The van der Waals surface area contributed by atoms with E-state index in [-0.39, 0.29) is 17.1 Å². The molecule has 7 heteroatoms. The van der Waals surface area contributed by atoms with Gasteiger partial charge in [0.15, 0.2) is 0 Å². The molecule has 2 aromatic carbocycles. The van der Waals surface area contributed by atoms with Gasteiger partial charge >= 0.3 is 6.18 Å². The average molecular weight is 296 g/mol. The summed E-state index contributed by atoms with van der Waals surface area (Å²) < 4.78 is 51.3. The highest BCUT2D eigenvalue weighted by molar-refractivity contribution is 5.80. The third-order valence-corrected chi connectivity index (χ3v) is 3.01. The van der Waals surface area contributed by atoms with Crippen molar-refractivity contribution in [1.29, 1.82) is 0 Å². The Balaban J connectivity index is 2.14. The lowest BCUT2D eigenvalue weighted by atomic mass is 10.1. The SMILES string of the molecule is Oc1ccc2nc(-c3ccc(F)c(C(F)(F)F)c3)[nH]c2c1. The molecule has 0 aliphatic heterocycles. The van der Waals surface area contributed by atoms with Gasteiger partial charge in [-0.2, -0.15) is 13.2 Å². The van der Waals surface area contributed by atoms with Gasteiger partial charge in [-0.1, -0.05) is 0 Å². The van der Waals surface area contributed by atoms with E-state index >= 15 is 0 Å².